The number of ether oxygens (including phenoxy) is 6. The number of hydrogen-bond donors (Lipinski definition) is 0. The Morgan fingerprint density at radius 3 is 1.39 bits per heavy atom. The summed E-state index contributed by atoms with van der Waals surface area (Å²) in [4.78, 5) is 78.9. The van der Waals surface area contributed by atoms with Gasteiger partial charge in [0, 0.05) is 135 Å². The number of rotatable bonds is 6. The first-order valence-electron chi connectivity index (χ1n) is 20.8. The van der Waals surface area contributed by atoms with Gasteiger partial charge >= 0.3 is 36.2 Å². The monoisotopic (exact) mass is 1190 g/mol. The predicted octanol–water partition coefficient (Wildman–Crippen LogP) is 4.66. The number of likely N-dealkylation sites (tertiary alicyclic amines) is 3. The quantitative estimate of drug-likeness (QED) is 0.0723. The fourth-order valence-electron chi connectivity index (χ4n) is 6.70. The van der Waals surface area contributed by atoms with Gasteiger partial charge in [0.15, 0.2) is 0 Å². The molecule has 3 aliphatic heterocycles. The van der Waals surface area contributed by atoms with Gasteiger partial charge in [0.1, 0.15) is 34.9 Å². The summed E-state index contributed by atoms with van der Waals surface area (Å²) in [5.74, 6) is 0.529. The van der Waals surface area contributed by atoms with Gasteiger partial charge in [0.25, 0.3) is 0 Å². The molecular weight excluding hydrogens is 1130 g/mol. The van der Waals surface area contributed by atoms with Crippen LogP contribution in [0.3, 0.4) is 0 Å². The minimum Gasteiger partial charge on any atom is -0.694 e. The number of hydrogen-bond acceptors (Lipinski definition) is 17. The fraction of sp³-hybridized carbons (Fsp3) is 0.714. The van der Waals surface area contributed by atoms with Gasteiger partial charge in [-0.25, -0.2) is 28.8 Å². The topological polar surface area (TPSA) is 278 Å². The number of carbonyl (C=O) groups excluding carboxylic acids is 6. The molecule has 3 radical (unpaired) electrons. The summed E-state index contributed by atoms with van der Waals surface area (Å²) in [6, 6.07) is -2.93. The van der Waals surface area contributed by atoms with Crippen LogP contribution >= 0.6 is 0 Å². The van der Waals surface area contributed by atoms with Gasteiger partial charge in [0.2, 0.25) is 0 Å². The number of aryl methyl sites for hydroxylation is 2. The molecule has 0 aliphatic carbocycles. The number of azide groups is 1. The van der Waals surface area contributed by atoms with Crippen LogP contribution in [0.25, 0.3) is 10.4 Å². The number of amides is 3. The van der Waals surface area contributed by atoms with Gasteiger partial charge in [-0.15, -0.1) is 21.8 Å². The molecule has 24 nitrogen and oxygen atoms in total. The summed E-state index contributed by atoms with van der Waals surface area (Å²) in [5.41, 5.74) is 7.91. The summed E-state index contributed by atoms with van der Waals surface area (Å²) >= 11 is 0. The Bertz CT molecular complexity index is 2090. The first-order valence-corrected chi connectivity index (χ1v) is 20.8. The summed E-state index contributed by atoms with van der Waals surface area (Å²) < 4.78 is 33.4. The van der Waals surface area contributed by atoms with Crippen LogP contribution in [-0.2, 0) is 141 Å². The zero-order valence-corrected chi connectivity index (χ0v) is 50.7. The van der Waals surface area contributed by atoms with Crippen LogP contribution in [0.4, 0.5) is 14.4 Å². The normalized spacial score (nSPS) is 20.2. The first kappa shape index (κ1) is 67.8. The average molecular weight is 1190 g/mol. The van der Waals surface area contributed by atoms with E-state index in [-0.39, 0.29) is 123 Å². The molecule has 3 fully saturated rings. The maximum Gasteiger partial charge on any atom is 0.411 e. The summed E-state index contributed by atoms with van der Waals surface area (Å²) in [6.45, 7) is 21.8. The van der Waals surface area contributed by atoms with Gasteiger partial charge in [-0.05, 0) is 87.6 Å². The second kappa shape index (κ2) is 30.5. The van der Waals surface area contributed by atoms with Gasteiger partial charge in [0.05, 0.1) is 33.4 Å². The Hall–Kier alpha value is -3.32. The second-order valence-electron chi connectivity index (χ2n) is 18.1. The molecule has 69 heavy (non-hydrogen) atoms. The Labute approximate surface area is 479 Å². The van der Waals surface area contributed by atoms with Crippen LogP contribution in [0.5, 0.6) is 0 Å². The van der Waals surface area contributed by atoms with Crippen LogP contribution in [0, 0.1) is 38.6 Å². The van der Waals surface area contributed by atoms with Crippen molar-refractivity contribution in [2.45, 2.75) is 155 Å². The molecule has 375 valence electrons. The number of esters is 3. The van der Waals surface area contributed by atoms with E-state index in [1.54, 1.807) is 85.5 Å². The van der Waals surface area contributed by atoms with Crippen molar-refractivity contribution < 1.29 is 155 Å². The van der Waals surface area contributed by atoms with E-state index in [9.17, 15) is 28.8 Å². The summed E-state index contributed by atoms with van der Waals surface area (Å²) in [7, 11) is 3.85. The van der Waals surface area contributed by atoms with Crippen molar-refractivity contribution in [1.82, 2.24) is 44.7 Å². The minimum atomic E-state index is -0.768. The number of methoxy groups -OCH3 is 3. The Kier molecular flexibility index (Phi) is 30.0. The molecule has 0 aromatic carbocycles. The molecule has 0 bridgehead atoms. The van der Waals surface area contributed by atoms with E-state index in [4.69, 9.17) is 35.6 Å². The van der Waals surface area contributed by atoms with E-state index in [1.807, 2.05) is 12.8 Å². The molecule has 0 saturated carbocycles. The maximum absolute atomic E-state index is 12.3. The van der Waals surface area contributed by atoms with E-state index in [0.29, 0.717) is 31.6 Å². The maximum atomic E-state index is 12.3. The Morgan fingerprint density at radius 2 is 1.06 bits per heavy atom. The van der Waals surface area contributed by atoms with Crippen molar-refractivity contribution >= 4 is 36.2 Å². The number of aromatic nitrogens is 6. The first-order chi connectivity index (χ1) is 30.6. The van der Waals surface area contributed by atoms with Crippen LogP contribution in [0.15, 0.2) is 5.11 Å². The molecule has 27 heteroatoms. The fourth-order valence-corrected chi connectivity index (χ4v) is 6.70. The SMILES string of the molecule is COC(=O)[C@@H]1C[C@@H](N=[N+]=[N-])CN1C(=O)OC(C)(C)C.COC(=O)[C@@H]1C[C@@H](n2[c-]c(C)nn2)CN1C(=O)OC(C)(C)C.COC(=O)[C@@H]1C[C@@H](n2nn[c-]c2C)CN1C(=O)OC(C)(C)C.[C-]#CC.[Y].[Y].[Y]. The molecular formula is C42H63N12O12Y3-3. The molecule has 0 N–H and O–H groups in total. The van der Waals surface area contributed by atoms with Crippen LogP contribution < -0.4 is 0 Å². The minimum absolute atomic E-state index is 0. The molecule has 0 spiro atoms. The number of nitrogens with zero attached hydrogens (tertiary/aromatic N) is 12. The summed E-state index contributed by atoms with van der Waals surface area (Å²) in [6.07, 6.45) is 11.0. The molecule has 5 heterocycles. The standard InChI is InChI=1S/2C14H21N4O4.C11H18N4O4.C3H3.3Y/c1-9-7-18(16-15-9)10-6-11(12(19)21-5)17(8-10)13(20)22-14(2,3)4;1-9-7-15-16-18(9)10-6-11(12(19)21-5)17(8-10)13(20)22-14(2,3)4;1-11(2,3)19-10(17)15-6-7(13-14-12)5-8(15)9(16)18-4;1-3-2;;;/h2*10-11H,6,8H2,1-5H3;7-8H,5-6H2,1-4H3;1H3;;;/q2*-1;;-1;;;/t2*10-,11+;7-,8+;;;;/m111..../s1. The second-order valence-corrected chi connectivity index (χ2v) is 18.1. The van der Waals surface area contributed by atoms with Gasteiger partial charge < -0.3 is 62.9 Å². The Balaban J connectivity index is 0. The van der Waals surface area contributed by atoms with Gasteiger partial charge in [-0.2, -0.15) is 5.10 Å². The van der Waals surface area contributed by atoms with Crippen molar-refractivity contribution in [2.24, 2.45) is 5.11 Å². The smallest absolute Gasteiger partial charge is 0.411 e. The predicted molar refractivity (Wildman–Crippen MR) is 231 cm³/mol. The summed E-state index contributed by atoms with van der Waals surface area (Å²) in [5, 5.41) is 19.1. The van der Waals surface area contributed by atoms with E-state index in [0.717, 1.165) is 5.69 Å². The van der Waals surface area contributed by atoms with E-state index in [1.165, 1.54) is 36.0 Å². The zero-order valence-electron chi connectivity index (χ0n) is 42.2. The van der Waals surface area contributed by atoms with E-state index in [2.05, 4.69) is 47.8 Å². The molecule has 3 aliphatic rings. The van der Waals surface area contributed by atoms with Crippen LogP contribution in [0.1, 0.15) is 112 Å². The van der Waals surface area contributed by atoms with Crippen molar-refractivity contribution in [3.8, 4) is 5.92 Å². The third kappa shape index (κ3) is 21.9. The average Bonchev–Trinajstić information content (AvgIpc) is 4.06. The van der Waals surface area contributed by atoms with Crippen molar-refractivity contribution in [1.29, 1.82) is 0 Å². The molecule has 2 aromatic rings. The third-order valence-electron chi connectivity index (χ3n) is 9.31. The molecule has 2 aromatic heterocycles. The molecule has 0 unspecified atom stereocenters. The number of carbonyl (C=O) groups is 6. The molecule has 3 saturated heterocycles. The molecule has 5 rings (SSSR count). The third-order valence-corrected chi connectivity index (χ3v) is 9.31. The van der Waals surface area contributed by atoms with Gasteiger partial charge in [-0.3, -0.25) is 19.4 Å². The zero-order chi connectivity index (χ0) is 50.3. The van der Waals surface area contributed by atoms with E-state index < -0.39 is 77.2 Å². The van der Waals surface area contributed by atoms with Crippen molar-refractivity contribution in [2.75, 3.05) is 41.0 Å². The van der Waals surface area contributed by atoms with Crippen LogP contribution in [-0.4, -0.2) is 163 Å². The van der Waals surface area contributed by atoms with Crippen molar-refractivity contribution in [3.63, 3.8) is 0 Å². The molecule has 6 atom stereocenters. The molecule has 3 amide bonds. The Morgan fingerprint density at radius 1 is 0.681 bits per heavy atom. The van der Waals surface area contributed by atoms with E-state index >= 15 is 0 Å². The van der Waals surface area contributed by atoms with Gasteiger partial charge in [-0.1, -0.05) is 19.0 Å². The van der Waals surface area contributed by atoms with Crippen LogP contribution in [0.2, 0.25) is 0 Å². The largest absolute Gasteiger partial charge is 0.694 e. The van der Waals surface area contributed by atoms with Crippen molar-refractivity contribution in [3.05, 3.63) is 40.6 Å².